The van der Waals surface area contributed by atoms with Crippen LogP contribution in [0.2, 0.25) is 0 Å². The Labute approximate surface area is 120 Å². The second-order valence-electron chi connectivity index (χ2n) is 5.68. The highest BCUT2D eigenvalue weighted by atomic mass is 16.3. The Hall–Kier alpha value is -1.55. The standard InChI is InChI=1S/C16H22N2O2/c19-16(8-7-15-6-4-12-20-15)18-11-3-5-14(18)13-17-9-1-2-10-17/h4,6-8,12,14H,1-3,5,9-11,13H2/b8-7+/t14-/m0/s1. The molecule has 3 rings (SSSR count). The summed E-state index contributed by atoms with van der Waals surface area (Å²) in [6.45, 7) is 4.32. The van der Waals surface area contributed by atoms with Gasteiger partial charge in [0.2, 0.25) is 5.91 Å². The van der Waals surface area contributed by atoms with Gasteiger partial charge in [0.15, 0.2) is 0 Å². The number of furan rings is 1. The van der Waals surface area contributed by atoms with Gasteiger partial charge in [-0.15, -0.1) is 0 Å². The monoisotopic (exact) mass is 274 g/mol. The molecule has 1 amide bonds. The van der Waals surface area contributed by atoms with E-state index in [0.717, 1.165) is 31.7 Å². The topological polar surface area (TPSA) is 36.7 Å². The van der Waals surface area contributed by atoms with Crippen molar-refractivity contribution in [2.75, 3.05) is 26.2 Å². The fraction of sp³-hybridized carbons (Fsp3) is 0.562. The van der Waals surface area contributed by atoms with E-state index in [-0.39, 0.29) is 5.91 Å². The molecule has 3 heterocycles. The van der Waals surface area contributed by atoms with Gasteiger partial charge in [0.25, 0.3) is 0 Å². The Morgan fingerprint density at radius 3 is 2.90 bits per heavy atom. The largest absolute Gasteiger partial charge is 0.465 e. The number of nitrogens with zero attached hydrogens (tertiary/aromatic N) is 2. The Morgan fingerprint density at radius 2 is 2.15 bits per heavy atom. The predicted octanol–water partition coefficient (Wildman–Crippen LogP) is 2.38. The maximum Gasteiger partial charge on any atom is 0.246 e. The van der Waals surface area contributed by atoms with Crippen LogP contribution in [-0.2, 0) is 4.79 Å². The molecule has 2 aliphatic heterocycles. The molecule has 0 saturated carbocycles. The zero-order valence-electron chi connectivity index (χ0n) is 11.8. The quantitative estimate of drug-likeness (QED) is 0.791. The molecule has 1 aromatic rings. The van der Waals surface area contributed by atoms with Crippen LogP contribution in [0.1, 0.15) is 31.4 Å². The highest BCUT2D eigenvalue weighted by molar-refractivity contribution is 5.91. The second-order valence-corrected chi connectivity index (χ2v) is 5.68. The number of hydrogen-bond acceptors (Lipinski definition) is 3. The average molecular weight is 274 g/mol. The van der Waals surface area contributed by atoms with E-state index >= 15 is 0 Å². The van der Waals surface area contributed by atoms with Crippen LogP contribution in [0.4, 0.5) is 0 Å². The van der Waals surface area contributed by atoms with Crippen molar-refractivity contribution < 1.29 is 9.21 Å². The number of rotatable bonds is 4. The molecule has 0 unspecified atom stereocenters. The van der Waals surface area contributed by atoms with E-state index in [2.05, 4.69) is 4.90 Å². The third kappa shape index (κ3) is 3.12. The first-order valence-corrected chi connectivity index (χ1v) is 7.57. The van der Waals surface area contributed by atoms with Gasteiger partial charge in [-0.25, -0.2) is 0 Å². The molecular formula is C16H22N2O2. The van der Waals surface area contributed by atoms with Crippen LogP contribution in [0.3, 0.4) is 0 Å². The lowest BCUT2D eigenvalue weighted by Crippen LogP contribution is -2.41. The van der Waals surface area contributed by atoms with E-state index in [1.54, 1.807) is 18.4 Å². The Kier molecular flexibility index (Phi) is 4.21. The summed E-state index contributed by atoms with van der Waals surface area (Å²) >= 11 is 0. The van der Waals surface area contributed by atoms with Crippen molar-refractivity contribution in [2.45, 2.75) is 31.7 Å². The smallest absolute Gasteiger partial charge is 0.246 e. The van der Waals surface area contributed by atoms with Crippen molar-refractivity contribution in [3.05, 3.63) is 30.2 Å². The summed E-state index contributed by atoms with van der Waals surface area (Å²) in [5, 5.41) is 0. The summed E-state index contributed by atoms with van der Waals surface area (Å²) in [5.74, 6) is 0.844. The lowest BCUT2D eigenvalue weighted by atomic mass is 10.2. The first-order valence-electron chi connectivity index (χ1n) is 7.57. The molecule has 2 saturated heterocycles. The van der Waals surface area contributed by atoms with Gasteiger partial charge < -0.3 is 14.2 Å². The van der Waals surface area contributed by atoms with E-state index in [9.17, 15) is 4.79 Å². The van der Waals surface area contributed by atoms with Crippen molar-refractivity contribution in [2.24, 2.45) is 0 Å². The summed E-state index contributed by atoms with van der Waals surface area (Å²) in [4.78, 5) is 16.8. The minimum absolute atomic E-state index is 0.114. The highest BCUT2D eigenvalue weighted by Gasteiger charge is 2.29. The molecule has 0 spiro atoms. The molecule has 1 aromatic heterocycles. The average Bonchev–Trinajstić information content (AvgIpc) is 3.19. The van der Waals surface area contributed by atoms with Gasteiger partial charge in [0.05, 0.1) is 6.26 Å². The van der Waals surface area contributed by atoms with Crippen LogP contribution in [0.5, 0.6) is 0 Å². The Balaban J connectivity index is 1.58. The van der Waals surface area contributed by atoms with Gasteiger partial charge in [0.1, 0.15) is 5.76 Å². The van der Waals surface area contributed by atoms with Gasteiger partial charge in [0, 0.05) is 25.2 Å². The molecule has 4 nitrogen and oxygen atoms in total. The van der Waals surface area contributed by atoms with Gasteiger partial charge in [-0.05, 0) is 57.0 Å². The molecule has 1 atom stereocenters. The highest BCUT2D eigenvalue weighted by Crippen LogP contribution is 2.21. The van der Waals surface area contributed by atoms with Crippen molar-refractivity contribution in [1.82, 2.24) is 9.80 Å². The number of amides is 1. The Morgan fingerprint density at radius 1 is 1.30 bits per heavy atom. The summed E-state index contributed by atoms with van der Waals surface area (Å²) in [6.07, 6.45) is 9.89. The summed E-state index contributed by atoms with van der Waals surface area (Å²) < 4.78 is 5.22. The summed E-state index contributed by atoms with van der Waals surface area (Å²) in [6, 6.07) is 4.08. The zero-order chi connectivity index (χ0) is 13.8. The summed E-state index contributed by atoms with van der Waals surface area (Å²) in [5.41, 5.74) is 0. The number of carbonyl (C=O) groups is 1. The predicted molar refractivity (Wildman–Crippen MR) is 78.2 cm³/mol. The minimum Gasteiger partial charge on any atom is -0.465 e. The van der Waals surface area contributed by atoms with Crippen LogP contribution < -0.4 is 0 Å². The number of likely N-dealkylation sites (tertiary alicyclic amines) is 2. The molecule has 0 N–H and O–H groups in total. The maximum atomic E-state index is 12.3. The molecule has 2 aliphatic rings. The molecule has 0 aliphatic carbocycles. The van der Waals surface area contributed by atoms with Crippen LogP contribution in [0.25, 0.3) is 6.08 Å². The van der Waals surface area contributed by atoms with Crippen LogP contribution in [0.15, 0.2) is 28.9 Å². The molecule has 2 fully saturated rings. The number of hydrogen-bond donors (Lipinski definition) is 0. The first-order chi connectivity index (χ1) is 9.83. The van der Waals surface area contributed by atoms with Gasteiger partial charge in [-0.3, -0.25) is 4.79 Å². The van der Waals surface area contributed by atoms with Crippen LogP contribution in [0, 0.1) is 0 Å². The summed E-state index contributed by atoms with van der Waals surface area (Å²) in [7, 11) is 0. The van der Waals surface area contributed by atoms with E-state index in [1.165, 1.54) is 25.9 Å². The molecule has 4 heteroatoms. The fourth-order valence-corrected chi connectivity index (χ4v) is 3.21. The molecule has 0 bridgehead atoms. The fourth-order valence-electron chi connectivity index (χ4n) is 3.21. The van der Waals surface area contributed by atoms with Gasteiger partial charge >= 0.3 is 0 Å². The van der Waals surface area contributed by atoms with Gasteiger partial charge in [-0.2, -0.15) is 0 Å². The van der Waals surface area contributed by atoms with Crippen molar-refractivity contribution in [3.8, 4) is 0 Å². The third-order valence-electron chi connectivity index (χ3n) is 4.26. The van der Waals surface area contributed by atoms with E-state index < -0.39 is 0 Å². The molecule has 0 radical (unpaired) electrons. The lowest BCUT2D eigenvalue weighted by Gasteiger charge is -2.27. The molecular weight excluding hydrogens is 252 g/mol. The van der Waals surface area contributed by atoms with Gasteiger partial charge in [-0.1, -0.05) is 0 Å². The zero-order valence-corrected chi connectivity index (χ0v) is 11.8. The van der Waals surface area contributed by atoms with Crippen LogP contribution >= 0.6 is 0 Å². The molecule has 20 heavy (non-hydrogen) atoms. The number of carbonyl (C=O) groups excluding carboxylic acids is 1. The molecule has 0 aromatic carbocycles. The lowest BCUT2D eigenvalue weighted by molar-refractivity contribution is -0.127. The SMILES string of the molecule is O=C(/C=C/c1ccco1)N1CCC[C@H]1CN1CCCC1. The third-order valence-corrected chi connectivity index (χ3v) is 4.26. The second kappa shape index (κ2) is 6.27. The van der Waals surface area contributed by atoms with Crippen molar-refractivity contribution in [1.29, 1.82) is 0 Å². The molecule has 108 valence electrons. The Bertz CT molecular complexity index is 461. The van der Waals surface area contributed by atoms with Crippen molar-refractivity contribution >= 4 is 12.0 Å². The normalized spacial score (nSPS) is 24.0. The van der Waals surface area contributed by atoms with Crippen molar-refractivity contribution in [3.63, 3.8) is 0 Å². The first kappa shape index (κ1) is 13.4. The maximum absolute atomic E-state index is 12.3. The van der Waals surface area contributed by atoms with Crippen LogP contribution in [-0.4, -0.2) is 47.9 Å². The van der Waals surface area contributed by atoms with E-state index in [0.29, 0.717) is 6.04 Å². The van der Waals surface area contributed by atoms with E-state index in [1.807, 2.05) is 17.0 Å². The van der Waals surface area contributed by atoms with E-state index in [4.69, 9.17) is 4.42 Å². The minimum atomic E-state index is 0.114.